The molecule has 1 fully saturated rings. The second kappa shape index (κ2) is 5.73. The van der Waals surface area contributed by atoms with Gasteiger partial charge in [0, 0.05) is 10.2 Å². The molecule has 0 amide bonds. The number of hydrogen-bond donors (Lipinski definition) is 1. The van der Waals surface area contributed by atoms with E-state index in [9.17, 15) is 13.2 Å². The Morgan fingerprint density at radius 3 is 2.70 bits per heavy atom. The van der Waals surface area contributed by atoms with Gasteiger partial charge in [0.25, 0.3) is 0 Å². The Morgan fingerprint density at radius 1 is 1.45 bits per heavy atom. The van der Waals surface area contributed by atoms with Crippen LogP contribution in [0.2, 0.25) is 0 Å². The van der Waals surface area contributed by atoms with Crippen LogP contribution in [0.5, 0.6) is 0 Å². The predicted molar refractivity (Wildman–Crippen MR) is 80.4 cm³/mol. The van der Waals surface area contributed by atoms with E-state index in [1.165, 1.54) is 0 Å². The van der Waals surface area contributed by atoms with Gasteiger partial charge in [0.05, 0.1) is 18.1 Å². The highest BCUT2D eigenvalue weighted by molar-refractivity contribution is 9.10. The number of carbonyl (C=O) groups is 1. The average Bonchev–Trinajstić information content (AvgIpc) is 2.70. The lowest BCUT2D eigenvalue weighted by atomic mass is 9.98. The van der Waals surface area contributed by atoms with Gasteiger partial charge >= 0.3 is 5.97 Å². The highest BCUT2D eigenvalue weighted by atomic mass is 79.9. The summed E-state index contributed by atoms with van der Waals surface area (Å²) in [5.41, 5.74) is -0.517. The van der Waals surface area contributed by atoms with Crippen LogP contribution < -0.4 is 5.32 Å². The number of carbonyl (C=O) groups excluding carboxylic acids is 1. The predicted octanol–water partition coefficient (Wildman–Crippen LogP) is 1.98. The number of rotatable bonds is 4. The van der Waals surface area contributed by atoms with Crippen LogP contribution in [0.15, 0.2) is 28.7 Å². The molecule has 1 unspecified atom stereocenters. The summed E-state index contributed by atoms with van der Waals surface area (Å²) in [6.07, 6.45) is 0.218. The van der Waals surface area contributed by atoms with Crippen molar-refractivity contribution in [1.82, 2.24) is 0 Å². The van der Waals surface area contributed by atoms with Crippen molar-refractivity contribution < 1.29 is 17.9 Å². The zero-order valence-corrected chi connectivity index (χ0v) is 13.5. The number of halogens is 1. The van der Waals surface area contributed by atoms with E-state index in [0.717, 1.165) is 4.47 Å². The van der Waals surface area contributed by atoms with Crippen LogP contribution >= 0.6 is 15.9 Å². The fourth-order valence-electron chi connectivity index (χ4n) is 2.25. The van der Waals surface area contributed by atoms with E-state index in [1.54, 1.807) is 13.0 Å². The maximum atomic E-state index is 12.2. The number of sulfone groups is 1. The Bertz CT molecular complexity index is 617. The number of ether oxygens (including phenoxy) is 1. The second-order valence-electron chi connectivity index (χ2n) is 4.75. The molecule has 0 aliphatic carbocycles. The highest BCUT2D eigenvalue weighted by Gasteiger charge is 2.49. The van der Waals surface area contributed by atoms with Crippen molar-refractivity contribution in [1.29, 1.82) is 0 Å². The van der Waals surface area contributed by atoms with Crippen LogP contribution in [0.1, 0.15) is 13.3 Å². The summed E-state index contributed by atoms with van der Waals surface area (Å²) in [6.45, 7) is 1.92. The van der Waals surface area contributed by atoms with Gasteiger partial charge in [-0.25, -0.2) is 13.2 Å². The quantitative estimate of drug-likeness (QED) is 0.830. The fourth-order valence-corrected chi connectivity index (χ4v) is 4.52. The van der Waals surface area contributed by atoms with Gasteiger partial charge in [-0.15, -0.1) is 0 Å². The van der Waals surface area contributed by atoms with E-state index >= 15 is 0 Å². The minimum Gasteiger partial charge on any atom is -0.464 e. The molecule has 110 valence electrons. The summed E-state index contributed by atoms with van der Waals surface area (Å²) in [6, 6.07) is 7.27. The van der Waals surface area contributed by atoms with Crippen LogP contribution in [0, 0.1) is 0 Å². The molecular formula is C13H16BrNO4S. The zero-order valence-electron chi connectivity index (χ0n) is 11.1. The smallest absolute Gasteiger partial charge is 0.332 e. The van der Waals surface area contributed by atoms with Gasteiger partial charge in [-0.3, -0.25) is 0 Å². The molecule has 1 heterocycles. The second-order valence-corrected chi connectivity index (χ2v) is 7.79. The number of nitrogens with one attached hydrogen (secondary N) is 1. The van der Waals surface area contributed by atoms with Gasteiger partial charge in [0.1, 0.15) is 0 Å². The Hall–Kier alpha value is -1.08. The third kappa shape index (κ3) is 3.15. The minimum atomic E-state index is -3.23. The molecule has 20 heavy (non-hydrogen) atoms. The lowest BCUT2D eigenvalue weighted by molar-refractivity contribution is -0.147. The fraction of sp³-hybridized carbons (Fsp3) is 0.462. The molecule has 0 bridgehead atoms. The molecule has 0 aromatic heterocycles. The molecule has 5 nitrogen and oxygen atoms in total. The first-order valence-electron chi connectivity index (χ1n) is 6.29. The summed E-state index contributed by atoms with van der Waals surface area (Å²) < 4.78 is 29.4. The van der Waals surface area contributed by atoms with Crippen molar-refractivity contribution in [3.63, 3.8) is 0 Å². The van der Waals surface area contributed by atoms with Crippen molar-refractivity contribution in [3.05, 3.63) is 28.7 Å². The monoisotopic (exact) mass is 361 g/mol. The van der Waals surface area contributed by atoms with Crippen LogP contribution in [0.4, 0.5) is 5.69 Å². The molecule has 1 N–H and O–H groups in total. The van der Waals surface area contributed by atoms with E-state index in [1.807, 2.05) is 18.2 Å². The van der Waals surface area contributed by atoms with Crippen LogP contribution in [0.25, 0.3) is 0 Å². The number of benzene rings is 1. The van der Waals surface area contributed by atoms with Gasteiger partial charge < -0.3 is 10.1 Å². The van der Waals surface area contributed by atoms with E-state index in [0.29, 0.717) is 5.69 Å². The number of hydrogen-bond acceptors (Lipinski definition) is 5. The van der Waals surface area contributed by atoms with Crippen LogP contribution in [0.3, 0.4) is 0 Å². The van der Waals surface area contributed by atoms with Gasteiger partial charge in [0.2, 0.25) is 0 Å². The van der Waals surface area contributed by atoms with Crippen LogP contribution in [-0.4, -0.2) is 38.0 Å². The number of para-hydroxylation sites is 1. The number of anilines is 1. The van der Waals surface area contributed by atoms with Crippen molar-refractivity contribution >= 4 is 37.4 Å². The Morgan fingerprint density at radius 2 is 2.15 bits per heavy atom. The summed E-state index contributed by atoms with van der Waals surface area (Å²) in [7, 11) is -3.23. The Labute approximate surface area is 126 Å². The minimum absolute atomic E-state index is 0.0106. The highest BCUT2D eigenvalue weighted by Crippen LogP contribution is 2.32. The summed E-state index contributed by atoms with van der Waals surface area (Å²) >= 11 is 3.38. The summed E-state index contributed by atoms with van der Waals surface area (Å²) in [4.78, 5) is 12.2. The van der Waals surface area contributed by atoms with Crippen molar-refractivity contribution in [2.75, 3.05) is 23.4 Å². The first kappa shape index (κ1) is 15.3. The molecule has 0 saturated carbocycles. The molecule has 2 rings (SSSR count). The molecule has 1 saturated heterocycles. The topological polar surface area (TPSA) is 72.5 Å². The molecule has 0 spiro atoms. The standard InChI is InChI=1S/C13H16BrNO4S/c1-2-19-12(16)13(7-8-20(17,18)9-13)15-11-6-4-3-5-10(11)14/h3-6,15H,2,7-9H2,1H3. The average molecular weight is 362 g/mol. The van der Waals surface area contributed by atoms with E-state index in [2.05, 4.69) is 21.2 Å². The van der Waals surface area contributed by atoms with Gasteiger partial charge in [0.15, 0.2) is 15.4 Å². The Kier molecular flexibility index (Phi) is 4.39. The third-order valence-corrected chi connectivity index (χ3v) is 5.67. The molecule has 1 atom stereocenters. The largest absolute Gasteiger partial charge is 0.464 e. The molecule has 1 aromatic carbocycles. The third-order valence-electron chi connectivity index (χ3n) is 3.22. The molecule has 1 aliphatic rings. The summed E-state index contributed by atoms with van der Waals surface area (Å²) in [5.74, 6) is -0.763. The van der Waals surface area contributed by atoms with Gasteiger partial charge in [-0.05, 0) is 41.4 Å². The van der Waals surface area contributed by atoms with E-state index in [-0.39, 0.29) is 24.5 Å². The normalized spacial score (nSPS) is 24.3. The molecular weight excluding hydrogens is 346 g/mol. The molecule has 7 heteroatoms. The maximum Gasteiger partial charge on any atom is 0.332 e. The first-order chi connectivity index (χ1) is 9.38. The van der Waals surface area contributed by atoms with Crippen molar-refractivity contribution in [3.8, 4) is 0 Å². The lowest BCUT2D eigenvalue weighted by Gasteiger charge is -2.28. The SMILES string of the molecule is CCOC(=O)C1(Nc2ccccc2Br)CCS(=O)(=O)C1. The van der Waals surface area contributed by atoms with Crippen molar-refractivity contribution in [2.24, 2.45) is 0 Å². The lowest BCUT2D eigenvalue weighted by Crippen LogP contribution is -2.48. The Balaban J connectivity index is 2.34. The van der Waals surface area contributed by atoms with E-state index in [4.69, 9.17) is 4.74 Å². The van der Waals surface area contributed by atoms with Crippen LogP contribution in [-0.2, 0) is 19.4 Å². The summed E-state index contributed by atoms with van der Waals surface area (Å²) in [5, 5.41) is 3.06. The van der Waals surface area contributed by atoms with E-state index < -0.39 is 21.3 Å². The van der Waals surface area contributed by atoms with Gasteiger partial charge in [-0.1, -0.05) is 12.1 Å². The molecule has 1 aliphatic heterocycles. The maximum absolute atomic E-state index is 12.2. The first-order valence-corrected chi connectivity index (χ1v) is 8.90. The molecule has 1 aromatic rings. The van der Waals surface area contributed by atoms with Crippen molar-refractivity contribution in [2.45, 2.75) is 18.9 Å². The zero-order chi connectivity index (χ0) is 14.8. The number of esters is 1. The molecule has 0 radical (unpaired) electrons. The van der Waals surface area contributed by atoms with Gasteiger partial charge in [-0.2, -0.15) is 0 Å².